The molecule has 0 heterocycles. The number of hydrogen-bond acceptors (Lipinski definition) is 2. The van der Waals surface area contributed by atoms with Gasteiger partial charge >= 0.3 is 0 Å². The van der Waals surface area contributed by atoms with Crippen LogP contribution in [-0.4, -0.2) is 17.9 Å². The van der Waals surface area contributed by atoms with Crippen molar-refractivity contribution in [2.45, 2.75) is 19.4 Å². The average Bonchev–Trinajstić information content (AvgIpc) is 2.56. The zero-order valence-corrected chi connectivity index (χ0v) is 12.9. The average molecular weight is 306 g/mol. The van der Waals surface area contributed by atoms with E-state index in [1.165, 1.54) is 0 Å². The molecule has 1 atom stereocenters. The molecule has 0 saturated carbocycles. The van der Waals surface area contributed by atoms with Gasteiger partial charge < -0.3 is 11.1 Å². The first-order chi connectivity index (χ1) is 11.1. The molecule has 116 valence electrons. The van der Waals surface area contributed by atoms with Crippen LogP contribution >= 0.6 is 0 Å². The highest BCUT2D eigenvalue weighted by Gasteiger charge is 2.20. The Bertz CT molecular complexity index is 848. The summed E-state index contributed by atoms with van der Waals surface area (Å²) in [4.78, 5) is 24.3. The first-order valence-corrected chi connectivity index (χ1v) is 7.62. The number of rotatable bonds is 4. The van der Waals surface area contributed by atoms with Crippen molar-refractivity contribution in [3.05, 3.63) is 60.2 Å². The summed E-state index contributed by atoms with van der Waals surface area (Å²) in [7, 11) is 0. The topological polar surface area (TPSA) is 72.2 Å². The number of carbonyl (C=O) groups is 2. The summed E-state index contributed by atoms with van der Waals surface area (Å²) in [6, 6.07) is 16.9. The lowest BCUT2D eigenvalue weighted by molar-refractivity contribution is -0.119. The summed E-state index contributed by atoms with van der Waals surface area (Å²) >= 11 is 0. The van der Waals surface area contributed by atoms with Crippen LogP contribution in [0.4, 0.5) is 0 Å². The molecule has 4 nitrogen and oxygen atoms in total. The van der Waals surface area contributed by atoms with Gasteiger partial charge in [0.25, 0.3) is 5.91 Å². The number of nitrogens with one attached hydrogen (secondary N) is 1. The lowest BCUT2D eigenvalue weighted by Crippen LogP contribution is -2.44. The van der Waals surface area contributed by atoms with Crippen LogP contribution in [0.1, 0.15) is 23.7 Å². The van der Waals surface area contributed by atoms with Gasteiger partial charge in [-0.05, 0) is 34.0 Å². The van der Waals surface area contributed by atoms with E-state index >= 15 is 0 Å². The highest BCUT2D eigenvalue weighted by Crippen LogP contribution is 2.28. The standard InChI is InChI=1S/C19H18N2O2/c1-2-16(18(20)22)21-19(23)17-14-9-5-3-7-12(14)11-13-8-4-6-10-15(13)17/h3-11,16H,2H2,1H3,(H2,20,22)(H,21,23)/t16-/m1/s1. The second kappa shape index (κ2) is 6.08. The molecule has 4 heteroatoms. The first-order valence-electron chi connectivity index (χ1n) is 7.62. The highest BCUT2D eigenvalue weighted by molar-refractivity contribution is 6.18. The largest absolute Gasteiger partial charge is 0.368 e. The lowest BCUT2D eigenvalue weighted by atomic mass is 9.96. The normalized spacial score (nSPS) is 12.2. The third-order valence-corrected chi connectivity index (χ3v) is 4.06. The molecule has 0 bridgehead atoms. The molecule has 3 aromatic carbocycles. The minimum atomic E-state index is -0.666. The van der Waals surface area contributed by atoms with E-state index in [1.807, 2.05) is 55.5 Å². The van der Waals surface area contributed by atoms with Crippen LogP contribution < -0.4 is 11.1 Å². The molecule has 0 saturated heterocycles. The van der Waals surface area contributed by atoms with Gasteiger partial charge in [-0.3, -0.25) is 9.59 Å². The molecule has 3 aromatic rings. The summed E-state index contributed by atoms with van der Waals surface area (Å²) in [6.45, 7) is 1.82. The smallest absolute Gasteiger partial charge is 0.253 e. The number of carbonyl (C=O) groups excluding carboxylic acids is 2. The second-order valence-corrected chi connectivity index (χ2v) is 5.53. The van der Waals surface area contributed by atoms with Crippen molar-refractivity contribution in [2.24, 2.45) is 5.73 Å². The zero-order valence-electron chi connectivity index (χ0n) is 12.9. The maximum atomic E-state index is 12.8. The van der Waals surface area contributed by atoms with E-state index in [0.29, 0.717) is 12.0 Å². The van der Waals surface area contributed by atoms with E-state index in [1.54, 1.807) is 0 Å². The second-order valence-electron chi connectivity index (χ2n) is 5.53. The molecule has 0 aliphatic heterocycles. The molecule has 23 heavy (non-hydrogen) atoms. The third-order valence-electron chi connectivity index (χ3n) is 4.06. The molecule has 0 fully saturated rings. The summed E-state index contributed by atoms with van der Waals surface area (Å²) in [6.07, 6.45) is 0.462. The minimum absolute atomic E-state index is 0.274. The van der Waals surface area contributed by atoms with Crippen molar-refractivity contribution >= 4 is 33.4 Å². The summed E-state index contributed by atoms with van der Waals surface area (Å²) in [5.74, 6) is -0.797. The Morgan fingerprint density at radius 2 is 1.52 bits per heavy atom. The molecule has 3 rings (SSSR count). The number of primary amides is 1. The van der Waals surface area contributed by atoms with E-state index in [4.69, 9.17) is 5.73 Å². The Morgan fingerprint density at radius 3 is 2.00 bits per heavy atom. The van der Waals surface area contributed by atoms with Crippen LogP contribution in [0.2, 0.25) is 0 Å². The Labute approximate surface area is 134 Å². The number of fused-ring (bicyclic) bond motifs is 2. The summed E-state index contributed by atoms with van der Waals surface area (Å²) < 4.78 is 0. The molecule has 3 N–H and O–H groups in total. The Morgan fingerprint density at radius 1 is 1.00 bits per heavy atom. The molecule has 0 spiro atoms. The van der Waals surface area contributed by atoms with Crippen molar-refractivity contribution < 1.29 is 9.59 Å². The van der Waals surface area contributed by atoms with Crippen molar-refractivity contribution in [3.63, 3.8) is 0 Å². The maximum absolute atomic E-state index is 12.8. The van der Waals surface area contributed by atoms with Crippen LogP contribution in [0, 0.1) is 0 Å². The van der Waals surface area contributed by atoms with Crippen molar-refractivity contribution in [1.29, 1.82) is 0 Å². The van der Waals surface area contributed by atoms with E-state index < -0.39 is 11.9 Å². The summed E-state index contributed by atoms with van der Waals surface area (Å²) in [5.41, 5.74) is 5.93. The Kier molecular flexibility index (Phi) is 3.98. The van der Waals surface area contributed by atoms with Gasteiger partial charge in [0.15, 0.2) is 0 Å². The molecule has 0 aromatic heterocycles. The third kappa shape index (κ3) is 2.75. The van der Waals surface area contributed by atoms with Crippen molar-refractivity contribution in [3.8, 4) is 0 Å². The fourth-order valence-electron chi connectivity index (χ4n) is 2.86. The van der Waals surface area contributed by atoms with Gasteiger partial charge in [0.05, 0.1) is 5.56 Å². The molecular weight excluding hydrogens is 288 g/mol. The van der Waals surface area contributed by atoms with Gasteiger partial charge in [0, 0.05) is 0 Å². The number of benzene rings is 3. The molecule has 0 aliphatic carbocycles. The molecule has 2 amide bonds. The molecular formula is C19H18N2O2. The van der Waals surface area contributed by atoms with E-state index in [9.17, 15) is 9.59 Å². The molecule has 0 aliphatic rings. The molecule has 0 radical (unpaired) electrons. The predicted octanol–water partition coefficient (Wildman–Crippen LogP) is 2.99. The van der Waals surface area contributed by atoms with Gasteiger partial charge in [-0.25, -0.2) is 0 Å². The van der Waals surface area contributed by atoms with Crippen LogP contribution in [0.5, 0.6) is 0 Å². The Balaban J connectivity index is 2.20. The predicted molar refractivity (Wildman–Crippen MR) is 92.2 cm³/mol. The van der Waals surface area contributed by atoms with E-state index in [0.717, 1.165) is 21.5 Å². The van der Waals surface area contributed by atoms with Crippen molar-refractivity contribution in [1.82, 2.24) is 5.32 Å². The van der Waals surface area contributed by atoms with Crippen LogP contribution in [0.15, 0.2) is 54.6 Å². The number of nitrogens with two attached hydrogens (primary N) is 1. The van der Waals surface area contributed by atoms with Crippen LogP contribution in [0.3, 0.4) is 0 Å². The van der Waals surface area contributed by atoms with Gasteiger partial charge in [0.2, 0.25) is 5.91 Å². The minimum Gasteiger partial charge on any atom is -0.368 e. The van der Waals surface area contributed by atoms with E-state index in [-0.39, 0.29) is 5.91 Å². The van der Waals surface area contributed by atoms with Crippen LogP contribution in [0.25, 0.3) is 21.5 Å². The van der Waals surface area contributed by atoms with Gasteiger partial charge in [-0.15, -0.1) is 0 Å². The Hall–Kier alpha value is -2.88. The quantitative estimate of drug-likeness (QED) is 0.727. The fraction of sp³-hybridized carbons (Fsp3) is 0.158. The first kappa shape index (κ1) is 15.0. The van der Waals surface area contributed by atoms with Crippen LogP contribution in [-0.2, 0) is 4.79 Å². The number of amides is 2. The van der Waals surface area contributed by atoms with Gasteiger partial charge in [0.1, 0.15) is 6.04 Å². The van der Waals surface area contributed by atoms with Gasteiger partial charge in [-0.2, -0.15) is 0 Å². The van der Waals surface area contributed by atoms with Crippen molar-refractivity contribution in [2.75, 3.05) is 0 Å². The highest BCUT2D eigenvalue weighted by atomic mass is 16.2. The molecule has 0 unspecified atom stereocenters. The zero-order chi connectivity index (χ0) is 16.4. The lowest BCUT2D eigenvalue weighted by Gasteiger charge is -2.16. The van der Waals surface area contributed by atoms with E-state index in [2.05, 4.69) is 11.4 Å². The van der Waals surface area contributed by atoms with Gasteiger partial charge in [-0.1, -0.05) is 55.5 Å². The SMILES string of the molecule is CC[C@@H](NC(=O)c1c2ccccc2cc2ccccc12)C(N)=O. The maximum Gasteiger partial charge on any atom is 0.253 e. The number of hydrogen-bond donors (Lipinski definition) is 2. The summed E-state index contributed by atoms with van der Waals surface area (Å²) in [5, 5.41) is 6.46. The fourth-order valence-corrected chi connectivity index (χ4v) is 2.86. The monoisotopic (exact) mass is 306 g/mol.